The number of para-hydroxylation sites is 1. The molecule has 1 saturated heterocycles. The van der Waals surface area contributed by atoms with Crippen LogP contribution in [0.15, 0.2) is 24.3 Å². The van der Waals surface area contributed by atoms with Crippen molar-refractivity contribution in [1.82, 2.24) is 24.8 Å². The van der Waals surface area contributed by atoms with Crippen LogP contribution < -0.4 is 0 Å². The second-order valence-corrected chi connectivity index (χ2v) is 7.98. The van der Waals surface area contributed by atoms with Gasteiger partial charge in [0.2, 0.25) is 5.91 Å². The maximum atomic E-state index is 13.0. The van der Waals surface area contributed by atoms with Gasteiger partial charge in [-0.1, -0.05) is 17.3 Å². The van der Waals surface area contributed by atoms with E-state index in [2.05, 4.69) is 45.9 Å². The Kier molecular flexibility index (Phi) is 5.17. The van der Waals surface area contributed by atoms with Crippen LogP contribution in [-0.4, -0.2) is 56.9 Å². The minimum Gasteiger partial charge on any atom is -0.343 e. The smallest absolute Gasteiger partial charge is 0.226 e. The number of fused-ring (bicyclic) bond motifs is 1. The molecule has 0 bridgehead atoms. The topological polar surface area (TPSA) is 54.3 Å². The van der Waals surface area contributed by atoms with Gasteiger partial charge in [0.25, 0.3) is 0 Å². The third kappa shape index (κ3) is 3.14. The van der Waals surface area contributed by atoms with Crippen LogP contribution in [0.5, 0.6) is 0 Å². The Balaban J connectivity index is 1.65. The molecule has 1 aromatic carbocycles. The molecule has 1 atom stereocenters. The molecular weight excluding hydrogens is 338 g/mol. The molecule has 2 fully saturated rings. The van der Waals surface area contributed by atoms with Crippen LogP contribution in [0.25, 0.3) is 11.0 Å². The molecule has 6 nitrogen and oxygen atoms in total. The summed E-state index contributed by atoms with van der Waals surface area (Å²) >= 11 is 0. The Morgan fingerprint density at radius 3 is 2.67 bits per heavy atom. The Hall–Kier alpha value is -1.95. The lowest BCUT2D eigenvalue weighted by Gasteiger charge is -2.45. The highest BCUT2D eigenvalue weighted by molar-refractivity contribution is 5.79. The van der Waals surface area contributed by atoms with E-state index in [-0.39, 0.29) is 11.6 Å². The van der Waals surface area contributed by atoms with Gasteiger partial charge in [-0.3, -0.25) is 9.69 Å². The number of benzene rings is 1. The molecule has 1 amide bonds. The summed E-state index contributed by atoms with van der Waals surface area (Å²) in [6.45, 7) is 7.61. The molecule has 6 heteroatoms. The van der Waals surface area contributed by atoms with E-state index in [0.717, 1.165) is 62.9 Å². The van der Waals surface area contributed by atoms with Crippen molar-refractivity contribution in [3.05, 3.63) is 24.3 Å². The van der Waals surface area contributed by atoms with Gasteiger partial charge < -0.3 is 4.90 Å². The molecule has 27 heavy (non-hydrogen) atoms. The maximum Gasteiger partial charge on any atom is 0.226 e. The van der Waals surface area contributed by atoms with Gasteiger partial charge in [0.15, 0.2) is 0 Å². The quantitative estimate of drug-likeness (QED) is 0.812. The highest BCUT2D eigenvalue weighted by atomic mass is 16.2. The molecule has 2 aromatic rings. The predicted octanol–water partition coefficient (Wildman–Crippen LogP) is 3.24. The molecule has 0 spiro atoms. The zero-order valence-electron chi connectivity index (χ0n) is 16.6. The van der Waals surface area contributed by atoms with Crippen LogP contribution in [0.2, 0.25) is 0 Å². The summed E-state index contributed by atoms with van der Waals surface area (Å²) in [5, 5.41) is 9.01. The Morgan fingerprint density at radius 2 is 1.93 bits per heavy atom. The summed E-state index contributed by atoms with van der Waals surface area (Å²) < 4.78 is 2.17. The monoisotopic (exact) mass is 369 g/mol. The summed E-state index contributed by atoms with van der Waals surface area (Å²) in [4.78, 5) is 17.5. The van der Waals surface area contributed by atoms with Gasteiger partial charge in [-0.05, 0) is 64.5 Å². The first-order valence-electron chi connectivity index (χ1n) is 10.5. The number of hydrogen-bond acceptors (Lipinski definition) is 4. The molecule has 1 unspecified atom stereocenters. The first-order valence-corrected chi connectivity index (χ1v) is 10.5. The van der Waals surface area contributed by atoms with Crippen LogP contribution in [0.1, 0.15) is 52.4 Å². The number of amides is 1. The maximum absolute atomic E-state index is 13.0. The van der Waals surface area contributed by atoms with Crippen molar-refractivity contribution >= 4 is 16.9 Å². The fourth-order valence-corrected chi connectivity index (χ4v) is 5.13. The van der Waals surface area contributed by atoms with Crippen molar-refractivity contribution in [1.29, 1.82) is 0 Å². The first-order chi connectivity index (χ1) is 13.2. The number of likely N-dealkylation sites (tertiary alicyclic amines) is 1. The standard InChI is InChI=1S/C21H31N5O/c1-3-24(4-2)20(27)17-10-9-15-25(16-17)21(13-7-8-14-21)26-19-12-6-5-11-18(19)22-23-26/h5-6,11-12,17H,3-4,7-10,13-16H2,1-2H3. The number of carbonyl (C=O) groups excluding carboxylic acids is 1. The molecule has 4 rings (SSSR count). The van der Waals surface area contributed by atoms with Crippen molar-refractivity contribution in [2.24, 2.45) is 5.92 Å². The van der Waals surface area contributed by atoms with Gasteiger partial charge in [-0.25, -0.2) is 4.68 Å². The van der Waals surface area contributed by atoms with Crippen molar-refractivity contribution in [3.63, 3.8) is 0 Å². The van der Waals surface area contributed by atoms with Gasteiger partial charge >= 0.3 is 0 Å². The number of carbonyl (C=O) groups is 1. The van der Waals surface area contributed by atoms with E-state index in [1.54, 1.807) is 0 Å². The van der Waals surface area contributed by atoms with Gasteiger partial charge in [0, 0.05) is 26.2 Å². The van der Waals surface area contributed by atoms with E-state index in [4.69, 9.17) is 0 Å². The summed E-state index contributed by atoms with van der Waals surface area (Å²) in [5.41, 5.74) is 1.94. The van der Waals surface area contributed by atoms with Crippen molar-refractivity contribution in [2.75, 3.05) is 26.2 Å². The van der Waals surface area contributed by atoms with Crippen LogP contribution >= 0.6 is 0 Å². The average molecular weight is 370 g/mol. The molecule has 2 aliphatic rings. The van der Waals surface area contributed by atoms with Gasteiger partial charge in [-0.15, -0.1) is 5.10 Å². The first kappa shape index (κ1) is 18.4. The average Bonchev–Trinajstić information content (AvgIpc) is 3.37. The van der Waals surface area contributed by atoms with Gasteiger partial charge in [-0.2, -0.15) is 0 Å². The summed E-state index contributed by atoms with van der Waals surface area (Å²) in [6.07, 6.45) is 6.67. The third-order valence-corrected chi connectivity index (χ3v) is 6.58. The highest BCUT2D eigenvalue weighted by Gasteiger charge is 2.45. The fraction of sp³-hybridized carbons (Fsp3) is 0.667. The molecule has 1 saturated carbocycles. The predicted molar refractivity (Wildman–Crippen MR) is 106 cm³/mol. The second-order valence-electron chi connectivity index (χ2n) is 7.98. The Morgan fingerprint density at radius 1 is 1.19 bits per heavy atom. The van der Waals surface area contributed by atoms with Crippen LogP contribution in [0.3, 0.4) is 0 Å². The lowest BCUT2D eigenvalue weighted by molar-refractivity contribution is -0.139. The van der Waals surface area contributed by atoms with E-state index < -0.39 is 0 Å². The number of rotatable bonds is 5. The van der Waals surface area contributed by atoms with Crippen LogP contribution in [0, 0.1) is 5.92 Å². The molecule has 146 valence electrons. The molecule has 1 aliphatic heterocycles. The summed E-state index contributed by atoms with van der Waals surface area (Å²) in [5.74, 6) is 0.423. The van der Waals surface area contributed by atoms with E-state index in [0.29, 0.717) is 5.91 Å². The molecule has 0 radical (unpaired) electrons. The molecular formula is C21H31N5O. The van der Waals surface area contributed by atoms with E-state index in [1.807, 2.05) is 17.0 Å². The van der Waals surface area contributed by atoms with Gasteiger partial charge in [0.1, 0.15) is 11.2 Å². The van der Waals surface area contributed by atoms with Crippen molar-refractivity contribution in [2.45, 2.75) is 58.0 Å². The van der Waals surface area contributed by atoms with E-state index in [9.17, 15) is 4.79 Å². The lowest BCUT2D eigenvalue weighted by atomic mass is 9.92. The molecule has 1 aromatic heterocycles. The second kappa shape index (κ2) is 7.58. The van der Waals surface area contributed by atoms with E-state index in [1.165, 1.54) is 12.8 Å². The minimum atomic E-state index is -0.127. The highest BCUT2D eigenvalue weighted by Crippen LogP contribution is 2.42. The number of aromatic nitrogens is 3. The summed E-state index contributed by atoms with van der Waals surface area (Å²) in [7, 11) is 0. The van der Waals surface area contributed by atoms with Crippen LogP contribution in [-0.2, 0) is 10.5 Å². The Bertz CT molecular complexity index is 791. The SMILES string of the molecule is CCN(CC)C(=O)C1CCCN(C2(n3nnc4ccccc43)CCCC2)C1. The van der Waals surface area contributed by atoms with Crippen LogP contribution in [0.4, 0.5) is 0 Å². The zero-order chi connectivity index (χ0) is 18.9. The fourth-order valence-electron chi connectivity index (χ4n) is 5.13. The number of piperidine rings is 1. The molecule has 2 heterocycles. The molecule has 0 N–H and O–H groups in total. The normalized spacial score (nSPS) is 23.0. The zero-order valence-corrected chi connectivity index (χ0v) is 16.6. The minimum absolute atomic E-state index is 0.103. The van der Waals surface area contributed by atoms with Gasteiger partial charge in [0.05, 0.1) is 11.4 Å². The van der Waals surface area contributed by atoms with Crippen molar-refractivity contribution in [3.8, 4) is 0 Å². The van der Waals surface area contributed by atoms with Crippen molar-refractivity contribution < 1.29 is 4.79 Å². The number of nitrogens with zero attached hydrogens (tertiary/aromatic N) is 5. The third-order valence-electron chi connectivity index (χ3n) is 6.58. The lowest BCUT2D eigenvalue weighted by Crippen LogP contribution is -2.55. The largest absolute Gasteiger partial charge is 0.343 e. The summed E-state index contributed by atoms with van der Waals surface area (Å²) in [6, 6.07) is 8.23. The molecule has 1 aliphatic carbocycles. The van der Waals surface area contributed by atoms with E-state index >= 15 is 0 Å². The number of hydrogen-bond donors (Lipinski definition) is 0. The Labute approximate surface area is 161 Å².